The first kappa shape index (κ1) is 77.3. The lowest BCUT2D eigenvalue weighted by molar-refractivity contribution is -0.167. The molecule has 0 rings (SSSR count). The Hall–Kier alpha value is -4.71. The summed E-state index contributed by atoms with van der Waals surface area (Å²) in [5, 5.41) is 0. The van der Waals surface area contributed by atoms with Gasteiger partial charge in [0.25, 0.3) is 0 Å². The summed E-state index contributed by atoms with van der Waals surface area (Å²) < 4.78 is 16.9. The van der Waals surface area contributed by atoms with E-state index in [9.17, 15) is 14.4 Å². The van der Waals surface area contributed by atoms with Crippen LogP contribution in [0.15, 0.2) is 146 Å². The first-order valence-corrected chi connectivity index (χ1v) is 33.8. The lowest BCUT2D eigenvalue weighted by Crippen LogP contribution is -2.30. The average molecular weight is 1130 g/mol. The molecule has 0 saturated carbocycles. The first-order valence-electron chi connectivity index (χ1n) is 33.8. The van der Waals surface area contributed by atoms with Crippen LogP contribution in [-0.4, -0.2) is 37.2 Å². The fourth-order valence-electron chi connectivity index (χ4n) is 9.10. The molecule has 0 saturated heterocycles. The molecule has 0 N–H and O–H groups in total. The monoisotopic (exact) mass is 1130 g/mol. The highest BCUT2D eigenvalue weighted by atomic mass is 16.6. The number of allylic oxidation sites excluding steroid dienone is 24. The molecule has 0 radical (unpaired) electrons. The fraction of sp³-hybridized carbons (Fsp3) is 0.645. The number of ether oxygens (including phenoxy) is 3. The van der Waals surface area contributed by atoms with Gasteiger partial charge in [0.2, 0.25) is 0 Å². The van der Waals surface area contributed by atoms with Crippen molar-refractivity contribution in [3.05, 3.63) is 146 Å². The van der Waals surface area contributed by atoms with Gasteiger partial charge in [-0.2, -0.15) is 0 Å². The van der Waals surface area contributed by atoms with Gasteiger partial charge in [-0.05, 0) is 122 Å². The molecular formula is C76H124O6. The van der Waals surface area contributed by atoms with E-state index in [1.807, 2.05) is 0 Å². The van der Waals surface area contributed by atoms with Gasteiger partial charge in [0.1, 0.15) is 13.2 Å². The molecule has 0 heterocycles. The topological polar surface area (TPSA) is 78.9 Å². The molecule has 1 unspecified atom stereocenters. The van der Waals surface area contributed by atoms with Crippen molar-refractivity contribution in [2.45, 2.75) is 303 Å². The fourth-order valence-corrected chi connectivity index (χ4v) is 9.10. The lowest BCUT2D eigenvalue weighted by atomic mass is 10.0. The van der Waals surface area contributed by atoms with Gasteiger partial charge in [0, 0.05) is 19.3 Å². The van der Waals surface area contributed by atoms with Crippen LogP contribution in [0.2, 0.25) is 0 Å². The molecule has 0 aliphatic rings. The van der Waals surface area contributed by atoms with Gasteiger partial charge in [-0.1, -0.05) is 301 Å². The van der Waals surface area contributed by atoms with Crippen molar-refractivity contribution < 1.29 is 28.6 Å². The Balaban J connectivity index is 4.43. The summed E-state index contributed by atoms with van der Waals surface area (Å²) in [6.45, 7) is 6.40. The molecule has 82 heavy (non-hydrogen) atoms. The molecule has 0 aromatic heterocycles. The molecular weight excluding hydrogens is 1010 g/mol. The van der Waals surface area contributed by atoms with Crippen molar-refractivity contribution in [1.82, 2.24) is 0 Å². The first-order chi connectivity index (χ1) is 40.5. The van der Waals surface area contributed by atoms with Crippen molar-refractivity contribution in [2.24, 2.45) is 0 Å². The summed E-state index contributed by atoms with van der Waals surface area (Å²) in [7, 11) is 0. The zero-order valence-corrected chi connectivity index (χ0v) is 53.2. The van der Waals surface area contributed by atoms with Gasteiger partial charge in [-0.25, -0.2) is 0 Å². The number of rotatable bonds is 60. The van der Waals surface area contributed by atoms with Crippen LogP contribution in [0.3, 0.4) is 0 Å². The molecule has 464 valence electrons. The molecule has 0 amide bonds. The maximum atomic E-state index is 12.9. The van der Waals surface area contributed by atoms with Crippen LogP contribution in [-0.2, 0) is 28.6 Å². The van der Waals surface area contributed by atoms with Gasteiger partial charge in [0.05, 0.1) is 0 Å². The number of hydrogen-bond donors (Lipinski definition) is 0. The third-order valence-electron chi connectivity index (χ3n) is 14.1. The van der Waals surface area contributed by atoms with E-state index >= 15 is 0 Å². The molecule has 0 aromatic carbocycles. The molecule has 0 spiro atoms. The Morgan fingerprint density at radius 3 is 0.744 bits per heavy atom. The van der Waals surface area contributed by atoms with E-state index in [4.69, 9.17) is 14.2 Å². The summed E-state index contributed by atoms with van der Waals surface area (Å²) >= 11 is 0. The van der Waals surface area contributed by atoms with Gasteiger partial charge in [-0.15, -0.1) is 0 Å². The maximum Gasteiger partial charge on any atom is 0.306 e. The molecule has 6 nitrogen and oxygen atoms in total. The second-order valence-electron chi connectivity index (χ2n) is 22.0. The zero-order chi connectivity index (χ0) is 59.2. The molecule has 0 fully saturated rings. The Bertz CT molecular complexity index is 1780. The van der Waals surface area contributed by atoms with Crippen molar-refractivity contribution >= 4 is 17.9 Å². The number of esters is 3. The van der Waals surface area contributed by atoms with Crippen LogP contribution in [0.5, 0.6) is 0 Å². The van der Waals surface area contributed by atoms with Crippen LogP contribution in [0.1, 0.15) is 297 Å². The van der Waals surface area contributed by atoms with E-state index in [1.165, 1.54) is 89.9 Å². The van der Waals surface area contributed by atoms with E-state index in [-0.39, 0.29) is 31.1 Å². The second kappa shape index (κ2) is 68.8. The second-order valence-corrected chi connectivity index (χ2v) is 22.0. The summed E-state index contributed by atoms with van der Waals surface area (Å²) in [5.74, 6) is -0.917. The molecule has 0 bridgehead atoms. The minimum Gasteiger partial charge on any atom is -0.462 e. The predicted molar refractivity (Wildman–Crippen MR) is 357 cm³/mol. The van der Waals surface area contributed by atoms with Crippen LogP contribution in [0.4, 0.5) is 0 Å². The number of carbonyl (C=O) groups excluding carboxylic acids is 3. The molecule has 6 heteroatoms. The smallest absolute Gasteiger partial charge is 0.306 e. The molecule has 1 atom stereocenters. The number of hydrogen-bond acceptors (Lipinski definition) is 6. The van der Waals surface area contributed by atoms with Gasteiger partial charge >= 0.3 is 17.9 Å². The van der Waals surface area contributed by atoms with Crippen molar-refractivity contribution in [3.8, 4) is 0 Å². The Labute approximate surface area is 506 Å². The van der Waals surface area contributed by atoms with E-state index in [2.05, 4.69) is 167 Å². The zero-order valence-electron chi connectivity index (χ0n) is 53.2. The molecule has 0 aromatic rings. The van der Waals surface area contributed by atoms with E-state index in [0.717, 1.165) is 167 Å². The largest absolute Gasteiger partial charge is 0.462 e. The molecule has 0 aliphatic carbocycles. The highest BCUT2D eigenvalue weighted by molar-refractivity contribution is 5.71. The standard InChI is InChI=1S/C76H124O6/c1-4-7-10-13-16-19-22-25-28-30-32-34-36-37-38-39-41-42-44-46-48-51-54-57-60-63-66-69-75(78)81-72-73(71-80-74(77)68-65-62-59-56-53-50-27-24-21-18-15-12-9-6-3)82-76(79)70-67-64-61-58-55-52-49-47-45-43-40-35-33-31-29-26-23-20-17-14-11-8-5-2/h7-8,10-11,16-17,19-20,25-26,28-29,32-35,37-38,41-43,45-46,48,73H,4-6,9,12-15,18,21-24,27,30-31,36,39-40,44,47,49-72H2,1-3H3/b10-7-,11-8-,19-16-,20-17-,28-25-,29-26-,34-32-,35-33-,38-37-,42-41-,45-43-,48-46-. The van der Waals surface area contributed by atoms with Crippen LogP contribution in [0.25, 0.3) is 0 Å². The summed E-state index contributed by atoms with van der Waals surface area (Å²) in [5.41, 5.74) is 0. The highest BCUT2D eigenvalue weighted by Gasteiger charge is 2.19. The Morgan fingerprint density at radius 2 is 0.476 bits per heavy atom. The molecule has 0 aliphatic heterocycles. The SMILES string of the molecule is CC/C=C\C/C=C\C/C=C\C/C=C\C/C=C\C/C=C\C/C=C\CCCCCCCC(=O)OCC(COC(=O)CCCCCCCCCCCCCCCC)OC(=O)CCCCCCCCC/C=C\C/C=C\C/C=C\C/C=C\C/C=C\CC. The van der Waals surface area contributed by atoms with Crippen molar-refractivity contribution in [3.63, 3.8) is 0 Å². The lowest BCUT2D eigenvalue weighted by Gasteiger charge is -2.18. The maximum absolute atomic E-state index is 12.9. The van der Waals surface area contributed by atoms with Gasteiger partial charge in [-0.3, -0.25) is 14.4 Å². The summed E-state index contributed by atoms with van der Waals surface area (Å²) in [6, 6.07) is 0. The van der Waals surface area contributed by atoms with E-state index < -0.39 is 6.10 Å². The number of carbonyl (C=O) groups is 3. The van der Waals surface area contributed by atoms with Crippen LogP contribution < -0.4 is 0 Å². The predicted octanol–water partition coefficient (Wildman–Crippen LogP) is 23.5. The average Bonchev–Trinajstić information content (AvgIpc) is 3.48. The Morgan fingerprint density at radius 1 is 0.256 bits per heavy atom. The quantitative estimate of drug-likeness (QED) is 0.0261. The Kier molecular flexibility index (Phi) is 64.8. The summed E-state index contributed by atoms with van der Waals surface area (Å²) in [6.07, 6.45) is 98.5. The third kappa shape index (κ3) is 66.1. The summed E-state index contributed by atoms with van der Waals surface area (Å²) in [4.78, 5) is 38.4. The minimum absolute atomic E-state index is 0.0914. The third-order valence-corrected chi connectivity index (χ3v) is 14.1. The van der Waals surface area contributed by atoms with E-state index in [1.54, 1.807) is 0 Å². The van der Waals surface area contributed by atoms with Crippen molar-refractivity contribution in [1.29, 1.82) is 0 Å². The van der Waals surface area contributed by atoms with E-state index in [0.29, 0.717) is 19.3 Å². The number of unbranched alkanes of at least 4 members (excludes halogenated alkanes) is 25. The highest BCUT2D eigenvalue weighted by Crippen LogP contribution is 2.16. The van der Waals surface area contributed by atoms with Crippen LogP contribution >= 0.6 is 0 Å². The van der Waals surface area contributed by atoms with Gasteiger partial charge < -0.3 is 14.2 Å². The minimum atomic E-state index is -0.799. The van der Waals surface area contributed by atoms with Gasteiger partial charge in [0.15, 0.2) is 6.10 Å². The van der Waals surface area contributed by atoms with Crippen molar-refractivity contribution in [2.75, 3.05) is 13.2 Å². The normalized spacial score (nSPS) is 13.1. The van der Waals surface area contributed by atoms with Crippen LogP contribution in [0, 0.1) is 0 Å².